The molecule has 190 valence electrons. The summed E-state index contributed by atoms with van der Waals surface area (Å²) in [6, 6.07) is 7.45. The van der Waals surface area contributed by atoms with Gasteiger partial charge in [-0.15, -0.1) is 0 Å². The lowest BCUT2D eigenvalue weighted by Gasteiger charge is -2.36. The van der Waals surface area contributed by atoms with E-state index in [-0.39, 0.29) is 18.5 Å². The van der Waals surface area contributed by atoms with E-state index in [1.54, 1.807) is 0 Å². The second kappa shape index (κ2) is 14.3. The van der Waals surface area contributed by atoms with E-state index < -0.39 is 12.1 Å². The van der Waals surface area contributed by atoms with Crippen LogP contribution in [-0.4, -0.2) is 42.4 Å². The van der Waals surface area contributed by atoms with Crippen LogP contribution in [0, 0.1) is 17.8 Å². The molecule has 1 aromatic carbocycles. The number of carboxylic acids is 1. The number of carbonyl (C=O) groups is 2. The maximum Gasteiger partial charge on any atom is 0.426 e. The molecule has 1 fully saturated rings. The molecule has 34 heavy (non-hydrogen) atoms. The Morgan fingerprint density at radius 1 is 1.18 bits per heavy atom. The van der Waals surface area contributed by atoms with Crippen molar-refractivity contribution >= 4 is 18.0 Å². The highest BCUT2D eigenvalue weighted by Gasteiger charge is 2.33. The highest BCUT2D eigenvalue weighted by atomic mass is 16.6. The highest BCUT2D eigenvalue weighted by molar-refractivity contribution is 5.80. The maximum absolute atomic E-state index is 12.2. The molecule has 0 aromatic heterocycles. The van der Waals surface area contributed by atoms with Crippen molar-refractivity contribution in [1.82, 2.24) is 10.9 Å². The van der Waals surface area contributed by atoms with Gasteiger partial charge in [0.1, 0.15) is 11.9 Å². The van der Waals surface area contributed by atoms with Crippen LogP contribution in [0.15, 0.2) is 29.3 Å². The predicted molar refractivity (Wildman–Crippen MR) is 132 cm³/mol. The first-order chi connectivity index (χ1) is 16.2. The number of aryl methyl sites for hydroxylation is 1. The molecule has 9 heteroatoms. The van der Waals surface area contributed by atoms with Gasteiger partial charge in [0.25, 0.3) is 0 Å². The molecule has 0 heterocycles. The van der Waals surface area contributed by atoms with Crippen molar-refractivity contribution in [3.05, 3.63) is 29.8 Å². The van der Waals surface area contributed by atoms with Gasteiger partial charge in [-0.25, -0.2) is 10.2 Å². The molecule has 9 nitrogen and oxygen atoms in total. The number of rotatable bonds is 11. The summed E-state index contributed by atoms with van der Waals surface area (Å²) in [6.45, 7) is 7.58. The molecule has 2 rings (SSSR count). The largest absolute Gasteiger partial charge is 0.494 e. The first-order valence-corrected chi connectivity index (χ1v) is 12.2. The second-order valence-electron chi connectivity index (χ2n) is 9.38. The summed E-state index contributed by atoms with van der Waals surface area (Å²) in [4.78, 5) is 27.0. The predicted octanol–water partition coefficient (Wildman–Crippen LogP) is 3.87. The van der Waals surface area contributed by atoms with Crippen molar-refractivity contribution in [2.24, 2.45) is 28.5 Å². The van der Waals surface area contributed by atoms with Crippen LogP contribution in [0.25, 0.3) is 0 Å². The fourth-order valence-electron chi connectivity index (χ4n) is 4.18. The molecule has 0 aliphatic heterocycles. The molecule has 0 radical (unpaired) electrons. The first kappa shape index (κ1) is 27.3. The Morgan fingerprint density at radius 3 is 2.59 bits per heavy atom. The summed E-state index contributed by atoms with van der Waals surface area (Å²) in [5.74, 6) is 1.48. The maximum atomic E-state index is 12.2. The lowest BCUT2D eigenvalue weighted by Crippen LogP contribution is -2.48. The van der Waals surface area contributed by atoms with Gasteiger partial charge in [0.05, 0.1) is 6.61 Å². The number of nitrogens with two attached hydrogens (primary N) is 1. The number of guanidine groups is 1. The fourth-order valence-corrected chi connectivity index (χ4v) is 4.18. The third-order valence-corrected chi connectivity index (χ3v) is 6.17. The number of aliphatic imine (C=N–C) groups is 1. The van der Waals surface area contributed by atoms with E-state index in [9.17, 15) is 9.59 Å². The Balaban J connectivity index is 1.59. The number of benzene rings is 1. The van der Waals surface area contributed by atoms with E-state index in [1.165, 1.54) is 6.42 Å². The molecule has 1 aromatic rings. The molecule has 1 amide bonds. The average Bonchev–Trinajstić information content (AvgIpc) is 2.79. The van der Waals surface area contributed by atoms with Crippen molar-refractivity contribution in [3.8, 4) is 5.75 Å². The van der Waals surface area contributed by atoms with E-state index in [0.717, 1.165) is 37.0 Å². The number of hydrogen-bond donors (Lipinski definition) is 4. The number of nitrogens with one attached hydrogen (secondary N) is 2. The van der Waals surface area contributed by atoms with Gasteiger partial charge < -0.3 is 20.3 Å². The number of carbonyl (C=O) groups excluding carboxylic acids is 1. The molecule has 0 spiro atoms. The standard InChI is InChI=1S/C25H40N4O5/c1-17(2)21-12-6-18(3)16-22(21)34-25(32)29-28-24(26)27-14-4-5-15-33-20-10-7-19(8-11-20)9-13-23(30)31/h7-8,10-11,17-18,21-22H,4-6,9,12-16H2,1-3H3,(H,29,32)(H,30,31)(H3,26,27,28)/t18-,21?,22?/m0/s1. The van der Waals surface area contributed by atoms with Gasteiger partial charge in [0, 0.05) is 13.0 Å². The molecule has 0 saturated heterocycles. The van der Waals surface area contributed by atoms with Gasteiger partial charge in [0.15, 0.2) is 0 Å². The lowest BCUT2D eigenvalue weighted by molar-refractivity contribution is -0.136. The van der Waals surface area contributed by atoms with Gasteiger partial charge in [-0.3, -0.25) is 15.2 Å². The third-order valence-electron chi connectivity index (χ3n) is 6.17. The molecule has 0 bridgehead atoms. The van der Waals surface area contributed by atoms with Crippen molar-refractivity contribution in [1.29, 1.82) is 0 Å². The van der Waals surface area contributed by atoms with Crippen molar-refractivity contribution in [3.63, 3.8) is 0 Å². The van der Waals surface area contributed by atoms with Crippen LogP contribution >= 0.6 is 0 Å². The number of aliphatic carboxylic acids is 1. The van der Waals surface area contributed by atoms with E-state index >= 15 is 0 Å². The van der Waals surface area contributed by atoms with Crippen LogP contribution in [-0.2, 0) is 16.0 Å². The minimum Gasteiger partial charge on any atom is -0.494 e. The molecular formula is C25H40N4O5. The SMILES string of the molecule is CC(C)C1CC[C@H](C)CC1OC(=O)NNC(N)=NCCCCOc1ccc(CCC(=O)O)cc1. The highest BCUT2D eigenvalue weighted by Crippen LogP contribution is 2.35. The van der Waals surface area contributed by atoms with Crippen molar-refractivity contribution < 1.29 is 24.2 Å². The Bertz CT molecular complexity index is 797. The van der Waals surface area contributed by atoms with Gasteiger partial charge in [0.2, 0.25) is 5.96 Å². The number of nitrogens with zero attached hydrogens (tertiary/aromatic N) is 1. The number of unbranched alkanes of at least 4 members (excludes halogenated alkanes) is 1. The molecule has 3 atom stereocenters. The summed E-state index contributed by atoms with van der Waals surface area (Å²) < 4.78 is 11.3. The zero-order valence-corrected chi connectivity index (χ0v) is 20.6. The first-order valence-electron chi connectivity index (χ1n) is 12.2. The van der Waals surface area contributed by atoms with E-state index in [2.05, 4.69) is 36.6 Å². The summed E-state index contributed by atoms with van der Waals surface area (Å²) >= 11 is 0. The van der Waals surface area contributed by atoms with Gasteiger partial charge in [-0.1, -0.05) is 39.3 Å². The van der Waals surface area contributed by atoms with Crippen LogP contribution in [0.3, 0.4) is 0 Å². The molecule has 2 unspecified atom stereocenters. The quantitative estimate of drug-likeness (QED) is 0.165. The number of amides is 1. The van der Waals surface area contributed by atoms with Crippen LogP contribution in [0.1, 0.15) is 64.9 Å². The number of ether oxygens (including phenoxy) is 2. The summed E-state index contributed by atoms with van der Waals surface area (Å²) in [5, 5.41) is 8.73. The number of hydrazine groups is 1. The van der Waals surface area contributed by atoms with E-state index in [4.69, 9.17) is 20.3 Å². The Labute approximate surface area is 202 Å². The van der Waals surface area contributed by atoms with Gasteiger partial charge >= 0.3 is 12.1 Å². The smallest absolute Gasteiger partial charge is 0.426 e. The summed E-state index contributed by atoms with van der Waals surface area (Å²) in [5.41, 5.74) is 11.9. The molecule has 1 saturated carbocycles. The zero-order valence-electron chi connectivity index (χ0n) is 20.6. The Kier molecular flexibility index (Phi) is 11.5. The van der Waals surface area contributed by atoms with E-state index in [1.807, 2.05) is 24.3 Å². The Hall–Kier alpha value is -2.97. The van der Waals surface area contributed by atoms with Crippen LogP contribution in [0.2, 0.25) is 0 Å². The van der Waals surface area contributed by atoms with Crippen LogP contribution in [0.4, 0.5) is 4.79 Å². The number of carboxylic acid groups (broad SMARTS) is 1. The lowest BCUT2D eigenvalue weighted by atomic mass is 9.75. The summed E-state index contributed by atoms with van der Waals surface area (Å²) in [7, 11) is 0. The molecule has 1 aliphatic carbocycles. The van der Waals surface area contributed by atoms with E-state index in [0.29, 0.717) is 37.3 Å². The second-order valence-corrected chi connectivity index (χ2v) is 9.38. The minimum atomic E-state index is -0.802. The molecule has 5 N–H and O–H groups in total. The molecular weight excluding hydrogens is 436 g/mol. The number of hydrogen-bond acceptors (Lipinski definition) is 5. The summed E-state index contributed by atoms with van der Waals surface area (Å²) in [6.07, 6.45) is 4.72. The van der Waals surface area contributed by atoms with Gasteiger partial charge in [-0.05, 0) is 67.6 Å². The van der Waals surface area contributed by atoms with Crippen LogP contribution in [0.5, 0.6) is 5.75 Å². The molecule has 1 aliphatic rings. The van der Waals surface area contributed by atoms with Crippen molar-refractivity contribution in [2.45, 2.75) is 71.8 Å². The normalized spacial score (nSPS) is 20.6. The van der Waals surface area contributed by atoms with Gasteiger partial charge in [-0.2, -0.15) is 0 Å². The topological polar surface area (TPSA) is 135 Å². The average molecular weight is 477 g/mol. The fraction of sp³-hybridized carbons (Fsp3) is 0.640. The minimum absolute atomic E-state index is 0.0790. The van der Waals surface area contributed by atoms with Crippen LogP contribution < -0.4 is 21.3 Å². The monoisotopic (exact) mass is 476 g/mol. The van der Waals surface area contributed by atoms with Crippen molar-refractivity contribution in [2.75, 3.05) is 13.2 Å². The Morgan fingerprint density at radius 2 is 1.91 bits per heavy atom. The zero-order chi connectivity index (χ0) is 24.9. The third kappa shape index (κ3) is 10.3.